The highest BCUT2D eigenvalue weighted by molar-refractivity contribution is 6.33. The lowest BCUT2D eigenvalue weighted by atomic mass is 9.89. The Bertz CT molecular complexity index is 1170. The van der Waals surface area contributed by atoms with Crippen LogP contribution in [0.1, 0.15) is 17.9 Å². The lowest BCUT2D eigenvalue weighted by Gasteiger charge is -2.23. The van der Waals surface area contributed by atoms with Gasteiger partial charge in [-0.3, -0.25) is 9.69 Å². The van der Waals surface area contributed by atoms with E-state index in [9.17, 15) is 9.59 Å². The molecule has 2 atom stereocenters. The number of carbonyl (C=O) groups excluding carboxylic acids is 1. The molecule has 30 heavy (non-hydrogen) atoms. The number of fused-ring (bicyclic) bond motifs is 1. The summed E-state index contributed by atoms with van der Waals surface area (Å²) in [5.41, 5.74) is 1.42. The summed E-state index contributed by atoms with van der Waals surface area (Å²) in [6.45, 7) is 0.749. The number of nitrogens with zero attached hydrogens (tertiary/aromatic N) is 1. The number of likely N-dealkylation sites (tertiary alicyclic amines) is 1. The fourth-order valence-electron chi connectivity index (χ4n) is 4.26. The van der Waals surface area contributed by atoms with Gasteiger partial charge in [0.2, 0.25) is 0 Å². The van der Waals surface area contributed by atoms with Gasteiger partial charge in [-0.1, -0.05) is 23.7 Å². The number of likely N-dealkylation sites (N-methyl/N-ethyl adjacent to an activating group) is 1. The van der Waals surface area contributed by atoms with Crippen LogP contribution in [0.3, 0.4) is 0 Å². The minimum Gasteiger partial charge on any atom is -0.496 e. The molecule has 4 rings (SSSR count). The fraction of sp³-hybridized carbons (Fsp3) is 0.304. The van der Waals surface area contributed by atoms with Crippen LogP contribution in [0.15, 0.2) is 45.6 Å². The van der Waals surface area contributed by atoms with E-state index < -0.39 is 0 Å². The molecule has 1 aliphatic heterocycles. The SMILES string of the molecule is COc1cc(OC)c2c(=O)cc(-c3ccccc3Cl)oc2c1C1CCN(C)C1C=O. The maximum absolute atomic E-state index is 13.1. The molecular formula is C23H22ClNO5. The molecule has 2 unspecified atom stereocenters. The minimum absolute atomic E-state index is 0.180. The molecule has 3 aromatic rings. The second-order valence-electron chi connectivity index (χ2n) is 7.36. The van der Waals surface area contributed by atoms with Gasteiger partial charge in [0.15, 0.2) is 5.43 Å². The van der Waals surface area contributed by atoms with E-state index in [-0.39, 0.29) is 17.4 Å². The van der Waals surface area contributed by atoms with E-state index in [0.717, 1.165) is 19.3 Å². The zero-order valence-corrected chi connectivity index (χ0v) is 17.7. The van der Waals surface area contributed by atoms with Crippen molar-refractivity contribution >= 4 is 28.9 Å². The largest absolute Gasteiger partial charge is 0.496 e. The third kappa shape index (κ3) is 3.26. The van der Waals surface area contributed by atoms with Crippen molar-refractivity contribution in [2.75, 3.05) is 27.8 Å². The summed E-state index contributed by atoms with van der Waals surface area (Å²) in [4.78, 5) is 27.0. The maximum Gasteiger partial charge on any atom is 0.197 e. The van der Waals surface area contributed by atoms with Crippen LogP contribution in [-0.2, 0) is 4.79 Å². The number of methoxy groups -OCH3 is 2. The molecule has 1 fully saturated rings. The Morgan fingerprint density at radius 2 is 1.90 bits per heavy atom. The topological polar surface area (TPSA) is 69.0 Å². The molecular weight excluding hydrogens is 406 g/mol. The summed E-state index contributed by atoms with van der Waals surface area (Å²) in [5, 5.41) is 0.797. The predicted molar refractivity (Wildman–Crippen MR) is 116 cm³/mol. The van der Waals surface area contributed by atoms with Gasteiger partial charge < -0.3 is 18.7 Å². The van der Waals surface area contributed by atoms with Crippen LogP contribution in [0.4, 0.5) is 0 Å². The Hall–Kier alpha value is -2.83. The second-order valence-corrected chi connectivity index (χ2v) is 7.76. The van der Waals surface area contributed by atoms with Crippen molar-refractivity contribution in [1.29, 1.82) is 0 Å². The Morgan fingerprint density at radius 3 is 2.57 bits per heavy atom. The van der Waals surface area contributed by atoms with E-state index in [1.165, 1.54) is 13.2 Å². The summed E-state index contributed by atoms with van der Waals surface area (Å²) >= 11 is 6.35. The Kier molecular flexibility index (Phi) is 5.54. The molecule has 0 saturated carbocycles. The van der Waals surface area contributed by atoms with E-state index in [2.05, 4.69) is 0 Å². The summed E-state index contributed by atoms with van der Waals surface area (Å²) < 4.78 is 17.4. The third-order valence-corrected chi connectivity index (χ3v) is 6.10. The molecule has 7 heteroatoms. The van der Waals surface area contributed by atoms with Crippen molar-refractivity contribution in [1.82, 2.24) is 4.90 Å². The number of halogens is 1. The first kappa shape index (κ1) is 20.4. The number of rotatable bonds is 5. The molecule has 1 aromatic heterocycles. The Balaban J connectivity index is 2.08. The Morgan fingerprint density at radius 1 is 1.17 bits per heavy atom. The van der Waals surface area contributed by atoms with Crippen LogP contribution in [-0.4, -0.2) is 45.0 Å². The van der Waals surface area contributed by atoms with Gasteiger partial charge in [0.05, 0.1) is 25.3 Å². The highest BCUT2D eigenvalue weighted by atomic mass is 35.5. The molecule has 0 radical (unpaired) electrons. The van der Waals surface area contributed by atoms with Gasteiger partial charge in [0.25, 0.3) is 0 Å². The number of aldehydes is 1. The maximum atomic E-state index is 13.1. The molecule has 0 N–H and O–H groups in total. The standard InChI is InChI=1S/C23H22ClNO5/c1-25-9-8-14(16(25)12-26)21-19(28-2)11-20(29-3)22-17(27)10-18(30-23(21)22)13-6-4-5-7-15(13)24/h4-7,10-12,14,16H,8-9H2,1-3H3. The number of hydrogen-bond acceptors (Lipinski definition) is 6. The van der Waals surface area contributed by atoms with Crippen molar-refractivity contribution in [3.63, 3.8) is 0 Å². The van der Waals surface area contributed by atoms with Gasteiger partial charge in [-0.2, -0.15) is 0 Å². The van der Waals surface area contributed by atoms with E-state index in [4.69, 9.17) is 25.5 Å². The molecule has 2 aromatic carbocycles. The first-order valence-electron chi connectivity index (χ1n) is 9.63. The van der Waals surface area contributed by atoms with Crippen LogP contribution in [0.25, 0.3) is 22.3 Å². The average molecular weight is 428 g/mol. The molecule has 156 valence electrons. The summed E-state index contributed by atoms with van der Waals surface area (Å²) in [5.74, 6) is 1.05. The molecule has 0 spiro atoms. The number of benzene rings is 2. The molecule has 0 amide bonds. The van der Waals surface area contributed by atoms with Gasteiger partial charge in [0, 0.05) is 29.2 Å². The van der Waals surface area contributed by atoms with Gasteiger partial charge in [-0.05, 0) is 32.1 Å². The van der Waals surface area contributed by atoms with Crippen LogP contribution in [0.2, 0.25) is 5.02 Å². The normalized spacial score (nSPS) is 19.2. The van der Waals surface area contributed by atoms with E-state index in [0.29, 0.717) is 44.4 Å². The lowest BCUT2D eigenvalue weighted by molar-refractivity contribution is -0.111. The van der Waals surface area contributed by atoms with Gasteiger partial charge >= 0.3 is 0 Å². The molecule has 0 bridgehead atoms. The van der Waals surface area contributed by atoms with Crippen molar-refractivity contribution in [3.8, 4) is 22.8 Å². The molecule has 1 aliphatic rings. The van der Waals surface area contributed by atoms with Crippen LogP contribution in [0, 0.1) is 0 Å². The first-order valence-corrected chi connectivity index (χ1v) is 10.0. The van der Waals surface area contributed by atoms with Crippen molar-refractivity contribution < 1.29 is 18.7 Å². The smallest absolute Gasteiger partial charge is 0.197 e. The number of ether oxygens (including phenoxy) is 2. The molecule has 1 saturated heterocycles. The third-order valence-electron chi connectivity index (χ3n) is 5.77. The van der Waals surface area contributed by atoms with Crippen molar-refractivity contribution in [3.05, 3.63) is 57.2 Å². The molecule has 0 aliphatic carbocycles. The quantitative estimate of drug-likeness (QED) is 0.570. The lowest BCUT2D eigenvalue weighted by Crippen LogP contribution is -2.30. The van der Waals surface area contributed by atoms with Gasteiger partial charge in [0.1, 0.15) is 34.5 Å². The van der Waals surface area contributed by atoms with E-state index >= 15 is 0 Å². The highest BCUT2D eigenvalue weighted by Crippen LogP contribution is 2.44. The monoisotopic (exact) mass is 427 g/mol. The van der Waals surface area contributed by atoms with E-state index in [1.54, 1.807) is 25.3 Å². The number of hydrogen-bond donors (Lipinski definition) is 0. The number of carbonyl (C=O) groups is 1. The Labute approximate surface area is 179 Å². The molecule has 6 nitrogen and oxygen atoms in total. The van der Waals surface area contributed by atoms with Gasteiger partial charge in [-0.25, -0.2) is 0 Å². The molecule has 2 heterocycles. The van der Waals surface area contributed by atoms with Crippen LogP contribution in [0.5, 0.6) is 11.5 Å². The van der Waals surface area contributed by atoms with Crippen molar-refractivity contribution in [2.24, 2.45) is 0 Å². The second kappa shape index (κ2) is 8.13. The van der Waals surface area contributed by atoms with Crippen LogP contribution >= 0.6 is 11.6 Å². The highest BCUT2D eigenvalue weighted by Gasteiger charge is 2.37. The minimum atomic E-state index is -0.343. The first-order chi connectivity index (χ1) is 14.5. The van der Waals surface area contributed by atoms with Crippen molar-refractivity contribution in [2.45, 2.75) is 18.4 Å². The average Bonchev–Trinajstić information content (AvgIpc) is 3.12. The zero-order chi connectivity index (χ0) is 21.4. The van der Waals surface area contributed by atoms with Gasteiger partial charge in [-0.15, -0.1) is 0 Å². The predicted octanol–water partition coefficient (Wildman–Crippen LogP) is 4.12. The summed E-state index contributed by atoms with van der Waals surface area (Å²) in [6, 6.07) is 9.93. The zero-order valence-electron chi connectivity index (χ0n) is 17.0. The fourth-order valence-corrected chi connectivity index (χ4v) is 4.48. The summed E-state index contributed by atoms with van der Waals surface area (Å²) in [6.07, 6.45) is 1.67. The summed E-state index contributed by atoms with van der Waals surface area (Å²) in [7, 11) is 4.95. The van der Waals surface area contributed by atoms with E-state index in [1.807, 2.05) is 24.1 Å². The van der Waals surface area contributed by atoms with Crippen LogP contribution < -0.4 is 14.9 Å².